The van der Waals surface area contributed by atoms with Crippen molar-refractivity contribution in [3.05, 3.63) is 36.5 Å². The van der Waals surface area contributed by atoms with Crippen molar-refractivity contribution in [3.63, 3.8) is 0 Å². The number of benzene rings is 1. The Labute approximate surface area is 95.9 Å². The first kappa shape index (κ1) is 10.9. The fraction of sp³-hybridized carbons (Fsp3) is 0.357. The van der Waals surface area contributed by atoms with Crippen molar-refractivity contribution in [2.45, 2.75) is 26.8 Å². The fourth-order valence-corrected chi connectivity index (χ4v) is 1.99. The maximum Gasteiger partial charge on any atom is 0.152 e. The number of rotatable bonds is 4. The van der Waals surface area contributed by atoms with Crippen LogP contribution in [0.4, 0.5) is 0 Å². The van der Waals surface area contributed by atoms with Crippen LogP contribution in [0, 0.1) is 5.92 Å². The van der Waals surface area contributed by atoms with Gasteiger partial charge in [-0.05, 0) is 23.4 Å². The zero-order chi connectivity index (χ0) is 11.5. The maximum atomic E-state index is 11.7. The highest BCUT2D eigenvalue weighted by Gasteiger charge is 2.07. The molecular formula is C14H17NO. The Hall–Kier alpha value is -1.57. The van der Waals surface area contributed by atoms with Gasteiger partial charge in [-0.25, -0.2) is 0 Å². The first-order valence-corrected chi connectivity index (χ1v) is 5.72. The Kier molecular flexibility index (Phi) is 3.09. The zero-order valence-electron chi connectivity index (χ0n) is 9.81. The lowest BCUT2D eigenvalue weighted by atomic mass is 10.1. The third-order valence-electron chi connectivity index (χ3n) is 2.66. The fourth-order valence-electron chi connectivity index (χ4n) is 1.99. The van der Waals surface area contributed by atoms with Crippen molar-refractivity contribution in [1.82, 2.24) is 4.57 Å². The molecule has 0 spiro atoms. The Morgan fingerprint density at radius 1 is 1.25 bits per heavy atom. The monoisotopic (exact) mass is 215 g/mol. The van der Waals surface area contributed by atoms with Gasteiger partial charge in [0.05, 0.1) is 6.54 Å². The van der Waals surface area contributed by atoms with E-state index in [1.807, 2.05) is 22.9 Å². The summed E-state index contributed by atoms with van der Waals surface area (Å²) in [4.78, 5) is 11.7. The summed E-state index contributed by atoms with van der Waals surface area (Å²) in [5.41, 5.74) is 1.14. The summed E-state index contributed by atoms with van der Waals surface area (Å²) in [6, 6.07) is 10.2. The molecule has 0 aliphatic heterocycles. The number of carbonyl (C=O) groups excluding carboxylic acids is 1. The number of carbonyl (C=O) groups is 1. The highest BCUT2D eigenvalue weighted by atomic mass is 16.1. The summed E-state index contributed by atoms with van der Waals surface area (Å²) in [5, 5.41) is 1.19. The molecule has 0 saturated carbocycles. The van der Waals surface area contributed by atoms with Gasteiger partial charge in [0.15, 0.2) is 5.78 Å². The van der Waals surface area contributed by atoms with Gasteiger partial charge in [0.25, 0.3) is 0 Å². The van der Waals surface area contributed by atoms with E-state index in [-0.39, 0.29) is 0 Å². The third kappa shape index (κ3) is 2.32. The standard InChI is InChI=1S/C14H17NO/c1-11(2)9-13(16)10-15-8-7-12-5-3-4-6-14(12)15/h3-8,11H,9-10H2,1-2H3. The molecule has 0 aliphatic rings. The van der Waals surface area contributed by atoms with Crippen LogP contribution in [0.2, 0.25) is 0 Å². The number of Topliss-reactive ketones (excluding diaryl/α,β-unsaturated/α-hetero) is 1. The molecule has 2 nitrogen and oxygen atoms in total. The molecule has 84 valence electrons. The second kappa shape index (κ2) is 4.52. The van der Waals surface area contributed by atoms with E-state index >= 15 is 0 Å². The van der Waals surface area contributed by atoms with Gasteiger partial charge >= 0.3 is 0 Å². The lowest BCUT2D eigenvalue weighted by molar-refractivity contribution is -0.120. The van der Waals surface area contributed by atoms with Gasteiger partial charge in [-0.15, -0.1) is 0 Å². The molecular weight excluding hydrogens is 198 g/mol. The second-order valence-electron chi connectivity index (χ2n) is 4.64. The van der Waals surface area contributed by atoms with Gasteiger partial charge in [0, 0.05) is 18.1 Å². The van der Waals surface area contributed by atoms with Crippen LogP contribution in [0.5, 0.6) is 0 Å². The number of ketones is 1. The molecule has 16 heavy (non-hydrogen) atoms. The van der Waals surface area contributed by atoms with Crippen LogP contribution in [-0.4, -0.2) is 10.4 Å². The molecule has 0 amide bonds. The zero-order valence-corrected chi connectivity index (χ0v) is 9.81. The van der Waals surface area contributed by atoms with Crippen molar-refractivity contribution < 1.29 is 4.79 Å². The normalized spacial score (nSPS) is 11.2. The summed E-state index contributed by atoms with van der Waals surface area (Å²) in [5.74, 6) is 0.741. The van der Waals surface area contributed by atoms with Crippen LogP contribution >= 0.6 is 0 Å². The minimum atomic E-state index is 0.302. The second-order valence-corrected chi connectivity index (χ2v) is 4.64. The summed E-state index contributed by atoms with van der Waals surface area (Å²) >= 11 is 0. The van der Waals surface area contributed by atoms with Gasteiger partial charge in [0.2, 0.25) is 0 Å². The Morgan fingerprint density at radius 2 is 2.00 bits per heavy atom. The smallest absolute Gasteiger partial charge is 0.152 e. The van der Waals surface area contributed by atoms with Gasteiger partial charge < -0.3 is 4.57 Å². The molecule has 0 bridgehead atoms. The topological polar surface area (TPSA) is 22.0 Å². The molecule has 0 atom stereocenters. The SMILES string of the molecule is CC(C)CC(=O)Cn1ccc2ccccc21. The van der Waals surface area contributed by atoms with E-state index in [0.29, 0.717) is 24.7 Å². The highest BCUT2D eigenvalue weighted by molar-refractivity contribution is 5.84. The Balaban J connectivity index is 2.18. The van der Waals surface area contributed by atoms with Gasteiger partial charge in [-0.1, -0.05) is 32.0 Å². The van der Waals surface area contributed by atoms with Gasteiger partial charge in [0.1, 0.15) is 0 Å². The van der Waals surface area contributed by atoms with E-state index in [2.05, 4.69) is 32.0 Å². The van der Waals surface area contributed by atoms with Crippen LogP contribution in [0.15, 0.2) is 36.5 Å². The summed E-state index contributed by atoms with van der Waals surface area (Å²) in [6.07, 6.45) is 2.65. The molecule has 0 fully saturated rings. The predicted molar refractivity (Wildman–Crippen MR) is 66.4 cm³/mol. The minimum absolute atomic E-state index is 0.302. The summed E-state index contributed by atoms with van der Waals surface area (Å²) in [7, 11) is 0. The van der Waals surface area contributed by atoms with Crippen molar-refractivity contribution in [3.8, 4) is 0 Å². The van der Waals surface area contributed by atoms with Crippen LogP contribution < -0.4 is 0 Å². The lowest BCUT2D eigenvalue weighted by Crippen LogP contribution is -2.11. The van der Waals surface area contributed by atoms with E-state index in [0.717, 1.165) is 5.52 Å². The van der Waals surface area contributed by atoms with E-state index < -0.39 is 0 Å². The molecule has 0 aliphatic carbocycles. The van der Waals surface area contributed by atoms with E-state index in [1.165, 1.54) is 5.39 Å². The number of hydrogen-bond donors (Lipinski definition) is 0. The van der Waals surface area contributed by atoms with Crippen LogP contribution in [0.3, 0.4) is 0 Å². The number of nitrogens with zero attached hydrogens (tertiary/aromatic N) is 1. The number of fused-ring (bicyclic) bond motifs is 1. The average molecular weight is 215 g/mol. The lowest BCUT2D eigenvalue weighted by Gasteiger charge is -2.06. The van der Waals surface area contributed by atoms with Crippen LogP contribution in [0.1, 0.15) is 20.3 Å². The van der Waals surface area contributed by atoms with Crippen molar-refractivity contribution in [2.24, 2.45) is 5.92 Å². The van der Waals surface area contributed by atoms with Crippen LogP contribution in [-0.2, 0) is 11.3 Å². The van der Waals surface area contributed by atoms with Crippen LogP contribution in [0.25, 0.3) is 10.9 Å². The number of hydrogen-bond acceptors (Lipinski definition) is 1. The number of aromatic nitrogens is 1. The summed E-state index contributed by atoms with van der Waals surface area (Å²) < 4.78 is 2.03. The third-order valence-corrected chi connectivity index (χ3v) is 2.66. The Bertz CT molecular complexity index is 496. The molecule has 1 aromatic heterocycles. The molecule has 0 N–H and O–H groups in total. The van der Waals surface area contributed by atoms with Crippen molar-refractivity contribution >= 4 is 16.7 Å². The molecule has 2 heteroatoms. The minimum Gasteiger partial charge on any atom is -0.340 e. The first-order chi connectivity index (χ1) is 7.66. The predicted octanol–water partition coefficient (Wildman–Crippen LogP) is 3.26. The maximum absolute atomic E-state index is 11.7. The van der Waals surface area contributed by atoms with Gasteiger partial charge in [-0.3, -0.25) is 4.79 Å². The molecule has 2 rings (SSSR count). The molecule has 0 saturated heterocycles. The first-order valence-electron chi connectivity index (χ1n) is 5.72. The van der Waals surface area contributed by atoms with E-state index in [1.54, 1.807) is 0 Å². The number of para-hydroxylation sites is 1. The molecule has 1 heterocycles. The Morgan fingerprint density at radius 3 is 2.75 bits per heavy atom. The molecule has 2 aromatic rings. The molecule has 1 aromatic carbocycles. The largest absolute Gasteiger partial charge is 0.340 e. The van der Waals surface area contributed by atoms with Gasteiger partial charge in [-0.2, -0.15) is 0 Å². The van der Waals surface area contributed by atoms with Crippen molar-refractivity contribution in [1.29, 1.82) is 0 Å². The van der Waals surface area contributed by atoms with E-state index in [4.69, 9.17) is 0 Å². The highest BCUT2D eigenvalue weighted by Crippen LogP contribution is 2.15. The van der Waals surface area contributed by atoms with Crippen molar-refractivity contribution in [2.75, 3.05) is 0 Å². The average Bonchev–Trinajstić information content (AvgIpc) is 2.61. The molecule has 0 radical (unpaired) electrons. The van der Waals surface area contributed by atoms with E-state index in [9.17, 15) is 4.79 Å². The molecule has 0 unspecified atom stereocenters. The quantitative estimate of drug-likeness (QED) is 0.767. The summed E-state index contributed by atoms with van der Waals surface area (Å²) in [6.45, 7) is 4.64.